The average molecular weight is 357 g/mol. The molecular formula is C21H27NO4. The second-order valence-corrected chi connectivity index (χ2v) is 6.86. The summed E-state index contributed by atoms with van der Waals surface area (Å²) >= 11 is 0. The lowest BCUT2D eigenvalue weighted by Gasteiger charge is -2.40. The molecule has 140 valence electrons. The fraction of sp³-hybridized carbons (Fsp3) is 0.429. The Kier molecular flexibility index (Phi) is 5.81. The number of β-amino-alcohol motifs (C(OH)–C–C–N with tert-alkyl or cyclic N) is 2. The van der Waals surface area contributed by atoms with Crippen LogP contribution in [0.25, 0.3) is 0 Å². The molecule has 2 unspecified atom stereocenters. The first-order chi connectivity index (χ1) is 12.6. The van der Waals surface area contributed by atoms with E-state index in [1.807, 2.05) is 48.5 Å². The number of likely N-dealkylation sites (tertiary alicyclic amines) is 1. The van der Waals surface area contributed by atoms with E-state index in [1.165, 1.54) is 0 Å². The maximum absolute atomic E-state index is 11.3. The maximum Gasteiger partial charge on any atom is 0.124 e. The highest BCUT2D eigenvalue weighted by Gasteiger charge is 2.37. The van der Waals surface area contributed by atoms with Gasteiger partial charge in [0.1, 0.15) is 17.1 Å². The largest absolute Gasteiger partial charge is 0.497 e. The first-order valence-corrected chi connectivity index (χ1v) is 8.96. The molecular weight excluding hydrogens is 330 g/mol. The van der Waals surface area contributed by atoms with Gasteiger partial charge in [-0.15, -0.1) is 0 Å². The van der Waals surface area contributed by atoms with Crippen LogP contribution >= 0.6 is 0 Å². The van der Waals surface area contributed by atoms with E-state index in [1.54, 1.807) is 14.2 Å². The van der Waals surface area contributed by atoms with Crippen molar-refractivity contribution in [2.24, 2.45) is 0 Å². The van der Waals surface area contributed by atoms with E-state index in [0.29, 0.717) is 25.3 Å². The first kappa shape index (κ1) is 18.7. The molecule has 2 aromatic carbocycles. The molecule has 5 nitrogen and oxygen atoms in total. The van der Waals surface area contributed by atoms with Gasteiger partial charge in [-0.05, 0) is 43.1 Å². The molecule has 3 rings (SSSR count). The summed E-state index contributed by atoms with van der Waals surface area (Å²) < 4.78 is 10.6. The summed E-state index contributed by atoms with van der Waals surface area (Å²) in [6.45, 7) is 1.80. The number of nitrogens with zero attached hydrogens (tertiary/aromatic N) is 1. The van der Waals surface area contributed by atoms with Crippen LogP contribution in [-0.2, 0) is 5.60 Å². The van der Waals surface area contributed by atoms with E-state index in [9.17, 15) is 10.2 Å². The molecule has 1 saturated heterocycles. The SMILES string of the molecule is COc1ccc(C(O)CN2CCCC(O)(c3ccccc3OC)C2)cc1. The summed E-state index contributed by atoms with van der Waals surface area (Å²) in [6.07, 6.45) is 0.938. The topological polar surface area (TPSA) is 62.2 Å². The second kappa shape index (κ2) is 8.08. The predicted octanol–water partition coefficient (Wildman–Crippen LogP) is 2.72. The van der Waals surface area contributed by atoms with Gasteiger partial charge in [0.25, 0.3) is 0 Å². The van der Waals surface area contributed by atoms with Crippen molar-refractivity contribution >= 4 is 0 Å². The molecule has 26 heavy (non-hydrogen) atoms. The lowest BCUT2D eigenvalue weighted by molar-refractivity contribution is -0.0474. The Balaban J connectivity index is 1.71. The molecule has 0 amide bonds. The minimum Gasteiger partial charge on any atom is -0.497 e. The summed E-state index contributed by atoms with van der Waals surface area (Å²) in [7, 11) is 3.24. The van der Waals surface area contributed by atoms with Gasteiger partial charge in [-0.25, -0.2) is 0 Å². The number of rotatable bonds is 6. The number of aliphatic hydroxyl groups excluding tert-OH is 1. The molecule has 0 saturated carbocycles. The van der Waals surface area contributed by atoms with Gasteiger partial charge in [-0.2, -0.15) is 0 Å². The van der Waals surface area contributed by atoms with Crippen molar-refractivity contribution < 1.29 is 19.7 Å². The first-order valence-electron chi connectivity index (χ1n) is 8.96. The zero-order chi connectivity index (χ0) is 18.6. The van der Waals surface area contributed by atoms with Gasteiger partial charge < -0.3 is 19.7 Å². The third-order valence-electron chi connectivity index (χ3n) is 5.09. The van der Waals surface area contributed by atoms with Gasteiger partial charge in [0.05, 0.1) is 20.3 Å². The van der Waals surface area contributed by atoms with Gasteiger partial charge in [0, 0.05) is 18.7 Å². The molecule has 1 aliphatic rings. The highest BCUT2D eigenvalue weighted by Crippen LogP contribution is 2.37. The summed E-state index contributed by atoms with van der Waals surface area (Å²) in [4.78, 5) is 2.12. The van der Waals surface area contributed by atoms with Crippen LogP contribution in [0.3, 0.4) is 0 Å². The fourth-order valence-electron chi connectivity index (χ4n) is 3.70. The zero-order valence-corrected chi connectivity index (χ0v) is 15.4. The lowest BCUT2D eigenvalue weighted by Crippen LogP contribution is -2.47. The average Bonchev–Trinajstić information content (AvgIpc) is 2.68. The number of aliphatic hydroxyl groups is 2. The Morgan fingerprint density at radius 1 is 1.08 bits per heavy atom. The third-order valence-corrected chi connectivity index (χ3v) is 5.09. The van der Waals surface area contributed by atoms with Crippen molar-refractivity contribution in [3.8, 4) is 11.5 Å². The van der Waals surface area contributed by atoms with Crippen molar-refractivity contribution in [3.05, 3.63) is 59.7 Å². The van der Waals surface area contributed by atoms with E-state index in [-0.39, 0.29) is 0 Å². The number of hydrogen-bond acceptors (Lipinski definition) is 5. The molecule has 0 aromatic heterocycles. The Bertz CT molecular complexity index is 718. The standard InChI is InChI=1S/C21H27NO4/c1-25-17-10-8-16(9-11-17)19(23)14-22-13-5-12-21(24,15-22)18-6-3-4-7-20(18)26-2/h3-4,6-11,19,23-24H,5,12-15H2,1-2H3. The van der Waals surface area contributed by atoms with Crippen LogP contribution < -0.4 is 9.47 Å². The highest BCUT2D eigenvalue weighted by molar-refractivity contribution is 5.38. The monoisotopic (exact) mass is 357 g/mol. The Morgan fingerprint density at radius 3 is 2.50 bits per heavy atom. The second-order valence-electron chi connectivity index (χ2n) is 6.86. The van der Waals surface area contributed by atoms with E-state index in [2.05, 4.69) is 4.90 Å². The molecule has 0 bridgehead atoms. The molecule has 0 aliphatic carbocycles. The minimum absolute atomic E-state index is 0.473. The smallest absolute Gasteiger partial charge is 0.124 e. The predicted molar refractivity (Wildman–Crippen MR) is 101 cm³/mol. The van der Waals surface area contributed by atoms with Crippen LogP contribution in [0, 0.1) is 0 Å². The van der Waals surface area contributed by atoms with Gasteiger partial charge in [-0.3, -0.25) is 4.90 Å². The van der Waals surface area contributed by atoms with E-state index < -0.39 is 11.7 Å². The molecule has 2 N–H and O–H groups in total. The van der Waals surface area contributed by atoms with Crippen LogP contribution in [0.1, 0.15) is 30.1 Å². The highest BCUT2D eigenvalue weighted by atomic mass is 16.5. The maximum atomic E-state index is 11.3. The zero-order valence-electron chi connectivity index (χ0n) is 15.4. The number of hydrogen-bond donors (Lipinski definition) is 2. The van der Waals surface area contributed by atoms with E-state index in [0.717, 1.165) is 29.8 Å². The Hall–Kier alpha value is -2.08. The van der Waals surface area contributed by atoms with Crippen LogP contribution in [0.2, 0.25) is 0 Å². The van der Waals surface area contributed by atoms with E-state index >= 15 is 0 Å². The summed E-state index contributed by atoms with van der Waals surface area (Å²) in [5, 5.41) is 21.8. The van der Waals surface area contributed by atoms with Gasteiger partial charge in [0.15, 0.2) is 0 Å². The summed E-state index contributed by atoms with van der Waals surface area (Å²) in [6, 6.07) is 15.1. The molecule has 2 aromatic rings. The van der Waals surface area contributed by atoms with E-state index in [4.69, 9.17) is 9.47 Å². The molecule has 0 radical (unpaired) electrons. The quantitative estimate of drug-likeness (QED) is 0.832. The number of benzene rings is 2. The molecule has 2 atom stereocenters. The fourth-order valence-corrected chi connectivity index (χ4v) is 3.70. The Morgan fingerprint density at radius 2 is 1.81 bits per heavy atom. The van der Waals surface area contributed by atoms with Crippen molar-refractivity contribution in [2.45, 2.75) is 24.5 Å². The van der Waals surface area contributed by atoms with Crippen molar-refractivity contribution in [3.63, 3.8) is 0 Å². The lowest BCUT2D eigenvalue weighted by atomic mass is 9.85. The van der Waals surface area contributed by atoms with Crippen LogP contribution in [0.15, 0.2) is 48.5 Å². The van der Waals surface area contributed by atoms with Gasteiger partial charge in [-0.1, -0.05) is 30.3 Å². The van der Waals surface area contributed by atoms with Crippen molar-refractivity contribution in [2.75, 3.05) is 33.9 Å². The molecule has 1 heterocycles. The number of methoxy groups -OCH3 is 2. The van der Waals surface area contributed by atoms with Crippen LogP contribution in [0.4, 0.5) is 0 Å². The van der Waals surface area contributed by atoms with Crippen LogP contribution in [0.5, 0.6) is 11.5 Å². The minimum atomic E-state index is -0.968. The molecule has 1 fully saturated rings. The van der Waals surface area contributed by atoms with Crippen molar-refractivity contribution in [1.82, 2.24) is 4.90 Å². The number of piperidine rings is 1. The summed E-state index contributed by atoms with van der Waals surface area (Å²) in [5.41, 5.74) is 0.688. The number of ether oxygens (including phenoxy) is 2. The summed E-state index contributed by atoms with van der Waals surface area (Å²) in [5.74, 6) is 1.47. The molecule has 5 heteroatoms. The third kappa shape index (κ3) is 4.01. The van der Waals surface area contributed by atoms with Crippen LogP contribution in [-0.4, -0.2) is 49.0 Å². The normalized spacial score (nSPS) is 22.0. The molecule has 0 spiro atoms. The van der Waals surface area contributed by atoms with Gasteiger partial charge >= 0.3 is 0 Å². The Labute approximate surface area is 154 Å². The number of para-hydroxylation sites is 1. The van der Waals surface area contributed by atoms with Gasteiger partial charge in [0.2, 0.25) is 0 Å². The molecule has 1 aliphatic heterocycles. The van der Waals surface area contributed by atoms with Crippen molar-refractivity contribution in [1.29, 1.82) is 0 Å².